The number of nitrogens with two attached hydrogens (primary N) is 1. The molecule has 4 heteroatoms. The number of piperidine rings is 1. The molecular weight excluding hydrogens is 212 g/mol. The molecule has 1 fully saturated rings. The van der Waals surface area contributed by atoms with Gasteiger partial charge in [0.25, 0.3) is 0 Å². The molecule has 2 atom stereocenters. The molecule has 2 unspecified atom stereocenters. The van der Waals surface area contributed by atoms with Gasteiger partial charge < -0.3 is 10.6 Å². The highest BCUT2D eigenvalue weighted by Gasteiger charge is 2.26. The monoisotopic (exact) mass is 234 g/mol. The first-order chi connectivity index (χ1) is 8.11. The minimum atomic E-state index is 0.575. The minimum Gasteiger partial charge on any atom is -0.355 e. The lowest BCUT2D eigenvalue weighted by molar-refractivity contribution is 0.306. The Hall–Kier alpha value is -1.16. The molecule has 1 aliphatic heterocycles. The molecule has 0 aromatic carbocycles. The quantitative estimate of drug-likeness (QED) is 0.843. The molecule has 2 heterocycles. The van der Waals surface area contributed by atoms with Crippen LogP contribution in [0, 0.1) is 25.7 Å². The van der Waals surface area contributed by atoms with Crippen molar-refractivity contribution in [2.45, 2.75) is 27.2 Å². The van der Waals surface area contributed by atoms with Crippen molar-refractivity contribution >= 4 is 5.82 Å². The second-order valence-electron chi connectivity index (χ2n) is 5.13. The number of anilines is 1. The number of rotatable bonds is 2. The standard InChI is InChI=1S/C13H22N4/c1-9-4-5-17(8-12(9)6-14)13-11(3)15-7-10(2)16-13/h7,9,12H,4-6,8,14H2,1-3H3. The highest BCUT2D eigenvalue weighted by Crippen LogP contribution is 2.26. The Morgan fingerprint density at radius 1 is 1.47 bits per heavy atom. The predicted molar refractivity (Wildman–Crippen MR) is 70.0 cm³/mol. The van der Waals surface area contributed by atoms with Gasteiger partial charge in [-0.2, -0.15) is 0 Å². The van der Waals surface area contributed by atoms with Gasteiger partial charge in [-0.25, -0.2) is 4.98 Å². The number of aromatic nitrogens is 2. The van der Waals surface area contributed by atoms with E-state index >= 15 is 0 Å². The van der Waals surface area contributed by atoms with E-state index in [1.165, 1.54) is 6.42 Å². The fourth-order valence-corrected chi connectivity index (χ4v) is 2.47. The van der Waals surface area contributed by atoms with E-state index in [2.05, 4.69) is 21.8 Å². The van der Waals surface area contributed by atoms with E-state index in [1.54, 1.807) is 0 Å². The second-order valence-corrected chi connectivity index (χ2v) is 5.13. The van der Waals surface area contributed by atoms with E-state index < -0.39 is 0 Å². The number of hydrogen-bond donors (Lipinski definition) is 1. The van der Waals surface area contributed by atoms with Gasteiger partial charge in [-0.3, -0.25) is 4.98 Å². The van der Waals surface area contributed by atoms with Crippen molar-refractivity contribution in [1.29, 1.82) is 0 Å². The molecule has 1 saturated heterocycles. The van der Waals surface area contributed by atoms with E-state index in [4.69, 9.17) is 5.73 Å². The van der Waals surface area contributed by atoms with Crippen LogP contribution in [-0.4, -0.2) is 29.6 Å². The first kappa shape index (κ1) is 12.3. The summed E-state index contributed by atoms with van der Waals surface area (Å²) in [6.07, 6.45) is 3.02. The summed E-state index contributed by atoms with van der Waals surface area (Å²) in [5.74, 6) is 2.33. The van der Waals surface area contributed by atoms with Crippen molar-refractivity contribution in [1.82, 2.24) is 9.97 Å². The average Bonchev–Trinajstić information content (AvgIpc) is 2.33. The van der Waals surface area contributed by atoms with Gasteiger partial charge in [0.15, 0.2) is 0 Å². The van der Waals surface area contributed by atoms with Gasteiger partial charge >= 0.3 is 0 Å². The van der Waals surface area contributed by atoms with E-state index in [0.717, 1.165) is 36.8 Å². The van der Waals surface area contributed by atoms with Gasteiger partial charge in [0.1, 0.15) is 5.82 Å². The minimum absolute atomic E-state index is 0.575. The zero-order valence-corrected chi connectivity index (χ0v) is 11.0. The van der Waals surface area contributed by atoms with Crippen LogP contribution < -0.4 is 10.6 Å². The third kappa shape index (κ3) is 2.57. The van der Waals surface area contributed by atoms with Crippen LogP contribution in [0.25, 0.3) is 0 Å². The van der Waals surface area contributed by atoms with Crippen LogP contribution in [0.2, 0.25) is 0 Å². The highest BCUT2D eigenvalue weighted by atomic mass is 15.2. The maximum Gasteiger partial charge on any atom is 0.150 e. The van der Waals surface area contributed by atoms with Crippen molar-refractivity contribution in [2.75, 3.05) is 24.5 Å². The molecule has 17 heavy (non-hydrogen) atoms. The molecule has 0 aliphatic carbocycles. The van der Waals surface area contributed by atoms with E-state index in [0.29, 0.717) is 11.8 Å². The molecule has 4 nitrogen and oxygen atoms in total. The fraction of sp³-hybridized carbons (Fsp3) is 0.692. The van der Waals surface area contributed by atoms with Crippen LogP contribution >= 0.6 is 0 Å². The third-order valence-corrected chi connectivity index (χ3v) is 3.77. The Balaban J connectivity index is 2.20. The largest absolute Gasteiger partial charge is 0.355 e. The average molecular weight is 234 g/mol. The molecule has 0 radical (unpaired) electrons. The zero-order chi connectivity index (χ0) is 12.4. The Morgan fingerprint density at radius 3 is 2.94 bits per heavy atom. The molecule has 0 bridgehead atoms. The van der Waals surface area contributed by atoms with Crippen LogP contribution in [0.5, 0.6) is 0 Å². The van der Waals surface area contributed by atoms with Gasteiger partial charge in [0.05, 0.1) is 11.4 Å². The van der Waals surface area contributed by atoms with Crippen LogP contribution in [0.3, 0.4) is 0 Å². The van der Waals surface area contributed by atoms with Crippen LogP contribution in [0.1, 0.15) is 24.7 Å². The molecule has 1 aromatic rings. The molecule has 1 aliphatic rings. The third-order valence-electron chi connectivity index (χ3n) is 3.77. The Labute approximate surface area is 103 Å². The second kappa shape index (κ2) is 5.00. The maximum atomic E-state index is 5.84. The molecule has 94 valence electrons. The van der Waals surface area contributed by atoms with Gasteiger partial charge in [-0.05, 0) is 38.6 Å². The van der Waals surface area contributed by atoms with Gasteiger partial charge in [-0.15, -0.1) is 0 Å². The smallest absolute Gasteiger partial charge is 0.150 e. The maximum absolute atomic E-state index is 5.84. The van der Waals surface area contributed by atoms with Gasteiger partial charge in [0.2, 0.25) is 0 Å². The summed E-state index contributed by atoms with van der Waals surface area (Å²) in [6.45, 7) is 9.15. The summed E-state index contributed by atoms with van der Waals surface area (Å²) < 4.78 is 0. The number of nitrogens with zero attached hydrogens (tertiary/aromatic N) is 3. The first-order valence-corrected chi connectivity index (χ1v) is 6.37. The molecule has 0 amide bonds. The summed E-state index contributed by atoms with van der Waals surface area (Å²) in [5.41, 5.74) is 7.83. The lowest BCUT2D eigenvalue weighted by Gasteiger charge is -2.37. The van der Waals surface area contributed by atoms with Gasteiger partial charge in [-0.1, -0.05) is 6.92 Å². The Bertz CT molecular complexity index is 391. The van der Waals surface area contributed by atoms with Crippen LogP contribution in [-0.2, 0) is 0 Å². The molecule has 0 saturated carbocycles. The van der Waals surface area contributed by atoms with Crippen molar-refractivity contribution < 1.29 is 0 Å². The van der Waals surface area contributed by atoms with Crippen molar-refractivity contribution in [2.24, 2.45) is 17.6 Å². The predicted octanol–water partition coefficient (Wildman–Crippen LogP) is 1.51. The number of aryl methyl sites for hydroxylation is 2. The lowest BCUT2D eigenvalue weighted by Crippen LogP contribution is -2.43. The Morgan fingerprint density at radius 2 is 2.24 bits per heavy atom. The molecule has 1 aromatic heterocycles. The topological polar surface area (TPSA) is 55.0 Å². The SMILES string of the molecule is Cc1cnc(C)c(N2CCC(C)C(CN)C2)n1. The van der Waals surface area contributed by atoms with E-state index in [1.807, 2.05) is 20.0 Å². The Kier molecular flexibility index (Phi) is 3.62. The fourth-order valence-electron chi connectivity index (χ4n) is 2.47. The highest BCUT2D eigenvalue weighted by molar-refractivity contribution is 5.43. The summed E-state index contributed by atoms with van der Waals surface area (Å²) in [4.78, 5) is 11.3. The van der Waals surface area contributed by atoms with Gasteiger partial charge in [0, 0.05) is 19.3 Å². The molecule has 2 rings (SSSR count). The number of hydrogen-bond acceptors (Lipinski definition) is 4. The van der Waals surface area contributed by atoms with Crippen LogP contribution in [0.15, 0.2) is 6.20 Å². The lowest BCUT2D eigenvalue weighted by atomic mass is 9.87. The molecule has 2 N–H and O–H groups in total. The zero-order valence-electron chi connectivity index (χ0n) is 11.0. The molecule has 0 spiro atoms. The molecular formula is C13H22N4. The summed E-state index contributed by atoms with van der Waals surface area (Å²) in [6, 6.07) is 0. The van der Waals surface area contributed by atoms with E-state index in [9.17, 15) is 0 Å². The summed E-state index contributed by atoms with van der Waals surface area (Å²) in [7, 11) is 0. The summed E-state index contributed by atoms with van der Waals surface area (Å²) in [5, 5.41) is 0. The van der Waals surface area contributed by atoms with E-state index in [-0.39, 0.29) is 0 Å². The summed E-state index contributed by atoms with van der Waals surface area (Å²) >= 11 is 0. The van der Waals surface area contributed by atoms with Crippen molar-refractivity contribution in [3.05, 3.63) is 17.6 Å². The first-order valence-electron chi connectivity index (χ1n) is 6.37. The van der Waals surface area contributed by atoms with Crippen molar-refractivity contribution in [3.63, 3.8) is 0 Å². The van der Waals surface area contributed by atoms with Crippen molar-refractivity contribution in [3.8, 4) is 0 Å². The van der Waals surface area contributed by atoms with Crippen LogP contribution in [0.4, 0.5) is 5.82 Å². The normalized spacial score (nSPS) is 25.1.